The van der Waals surface area contributed by atoms with Crippen LogP contribution in [0.15, 0.2) is 101 Å². The SMILES string of the molecule is C=CC(C)(C)OC(C)(C)C=C.C=CC(C)OC(C)C=C.C=CCOC(C)C=C.C=CCOCC=C. The molecule has 0 rings (SSSR count). The maximum absolute atomic E-state index is 5.69. The molecule has 3 unspecified atom stereocenters. The zero-order valence-electron chi connectivity index (χ0n) is 23.8. The van der Waals surface area contributed by atoms with Gasteiger partial charge in [-0.15, -0.1) is 52.6 Å². The van der Waals surface area contributed by atoms with Crippen LogP contribution in [0.2, 0.25) is 0 Å². The molecule has 0 fully saturated rings. The summed E-state index contributed by atoms with van der Waals surface area (Å²) in [5.74, 6) is 0. The topological polar surface area (TPSA) is 36.9 Å². The molecule has 0 saturated heterocycles. The molecule has 0 saturated carbocycles. The number of ether oxygens (including phenoxy) is 4. The van der Waals surface area contributed by atoms with Crippen LogP contribution in [0.25, 0.3) is 0 Å². The zero-order valence-corrected chi connectivity index (χ0v) is 23.8. The molecular formula is C31H54O4. The van der Waals surface area contributed by atoms with Crippen LogP contribution in [0.1, 0.15) is 48.5 Å². The second-order valence-electron chi connectivity index (χ2n) is 8.41. The molecule has 0 aromatic carbocycles. The average Bonchev–Trinajstić information content (AvgIpc) is 2.83. The van der Waals surface area contributed by atoms with Crippen molar-refractivity contribution in [2.75, 3.05) is 19.8 Å². The fraction of sp³-hybridized carbons (Fsp3) is 0.484. The predicted molar refractivity (Wildman–Crippen MR) is 157 cm³/mol. The van der Waals surface area contributed by atoms with Crippen molar-refractivity contribution in [1.82, 2.24) is 0 Å². The summed E-state index contributed by atoms with van der Waals surface area (Å²) in [7, 11) is 0. The van der Waals surface area contributed by atoms with Gasteiger partial charge < -0.3 is 18.9 Å². The maximum atomic E-state index is 5.69. The second kappa shape index (κ2) is 26.4. The van der Waals surface area contributed by atoms with Gasteiger partial charge in [-0.1, -0.05) is 48.6 Å². The first-order chi connectivity index (χ1) is 16.3. The minimum atomic E-state index is -0.280. The van der Waals surface area contributed by atoms with E-state index in [1.54, 1.807) is 48.6 Å². The first-order valence-electron chi connectivity index (χ1n) is 11.8. The molecule has 0 aromatic rings. The number of rotatable bonds is 16. The van der Waals surface area contributed by atoms with Crippen LogP contribution in [-0.2, 0) is 18.9 Å². The Morgan fingerprint density at radius 2 is 0.914 bits per heavy atom. The Hall–Kier alpha value is -2.24. The van der Waals surface area contributed by atoms with Crippen LogP contribution in [0.5, 0.6) is 0 Å². The van der Waals surface area contributed by atoms with Crippen molar-refractivity contribution < 1.29 is 18.9 Å². The first-order valence-corrected chi connectivity index (χ1v) is 11.8. The van der Waals surface area contributed by atoms with Crippen LogP contribution >= 0.6 is 0 Å². The Balaban J connectivity index is -0.000000186. The molecule has 35 heavy (non-hydrogen) atoms. The van der Waals surface area contributed by atoms with Gasteiger partial charge in [-0.05, 0) is 48.5 Å². The highest BCUT2D eigenvalue weighted by Crippen LogP contribution is 2.21. The van der Waals surface area contributed by atoms with E-state index in [9.17, 15) is 0 Å². The fourth-order valence-corrected chi connectivity index (χ4v) is 1.73. The van der Waals surface area contributed by atoms with E-state index in [0.717, 1.165) is 0 Å². The molecule has 0 aliphatic rings. The van der Waals surface area contributed by atoms with Crippen LogP contribution < -0.4 is 0 Å². The van der Waals surface area contributed by atoms with E-state index < -0.39 is 0 Å². The monoisotopic (exact) mass is 490 g/mol. The van der Waals surface area contributed by atoms with Gasteiger partial charge in [0.25, 0.3) is 0 Å². The van der Waals surface area contributed by atoms with Crippen molar-refractivity contribution in [3.63, 3.8) is 0 Å². The van der Waals surface area contributed by atoms with Gasteiger partial charge in [-0.3, -0.25) is 0 Å². The Morgan fingerprint density at radius 1 is 0.571 bits per heavy atom. The molecule has 0 radical (unpaired) electrons. The summed E-state index contributed by atoms with van der Waals surface area (Å²) in [4.78, 5) is 0. The lowest BCUT2D eigenvalue weighted by molar-refractivity contribution is -0.0679. The molecule has 0 bridgehead atoms. The quantitative estimate of drug-likeness (QED) is 0.161. The van der Waals surface area contributed by atoms with Gasteiger partial charge in [0.05, 0.1) is 49.3 Å². The van der Waals surface area contributed by atoms with Crippen LogP contribution in [0, 0.1) is 0 Å². The van der Waals surface area contributed by atoms with E-state index in [1.165, 1.54) is 0 Å². The van der Waals surface area contributed by atoms with E-state index >= 15 is 0 Å². The molecule has 0 aliphatic carbocycles. The van der Waals surface area contributed by atoms with Crippen molar-refractivity contribution in [2.45, 2.75) is 78.0 Å². The summed E-state index contributed by atoms with van der Waals surface area (Å²) in [6.45, 7) is 44.2. The standard InChI is InChI=1S/C10H18O.C8H14O.C7H12O.C6H10O/c1-7-9(3,4)11-10(5,6)8-2;1-5-7(3)9-8(4)6-2;1-4-6-8-7(3)5-2;1-3-5-7-6-4-2/h7-8H,1-2H2,3-6H3;5-8H,1-2H2,3-4H3;4-5,7H,1-2,6H2,3H3;3-4H,1-2,5-6H2. The lowest BCUT2D eigenvalue weighted by Gasteiger charge is -2.31. The molecule has 202 valence electrons. The van der Waals surface area contributed by atoms with E-state index in [2.05, 4.69) is 52.6 Å². The van der Waals surface area contributed by atoms with Gasteiger partial charge in [-0.25, -0.2) is 0 Å². The Kier molecular flexibility index (Phi) is 30.1. The lowest BCUT2D eigenvalue weighted by Crippen LogP contribution is -2.33. The van der Waals surface area contributed by atoms with Gasteiger partial charge in [-0.2, -0.15) is 0 Å². The third kappa shape index (κ3) is 36.5. The molecule has 3 atom stereocenters. The number of hydrogen-bond acceptors (Lipinski definition) is 4. The highest BCUT2D eigenvalue weighted by Gasteiger charge is 2.23. The molecule has 4 heteroatoms. The van der Waals surface area contributed by atoms with Gasteiger partial charge in [0.2, 0.25) is 0 Å². The Labute approximate surface area is 218 Å². The second-order valence-corrected chi connectivity index (χ2v) is 8.41. The van der Waals surface area contributed by atoms with Gasteiger partial charge >= 0.3 is 0 Å². The largest absolute Gasteiger partial charge is 0.373 e. The molecule has 0 heterocycles. The number of hydrogen-bond donors (Lipinski definition) is 0. The van der Waals surface area contributed by atoms with Crippen molar-refractivity contribution in [2.24, 2.45) is 0 Å². The first kappa shape index (κ1) is 40.0. The highest BCUT2D eigenvalue weighted by atomic mass is 16.5. The summed E-state index contributed by atoms with van der Waals surface area (Å²) >= 11 is 0. The van der Waals surface area contributed by atoms with Crippen molar-refractivity contribution in [3.8, 4) is 0 Å². The average molecular weight is 491 g/mol. The minimum absolute atomic E-state index is 0.123. The summed E-state index contributed by atoms with van der Waals surface area (Å²) in [6.07, 6.45) is 14.4. The lowest BCUT2D eigenvalue weighted by atomic mass is 10.1. The smallest absolute Gasteiger partial charge is 0.0815 e. The molecule has 0 spiro atoms. The molecule has 0 amide bonds. The molecule has 0 aliphatic heterocycles. The summed E-state index contributed by atoms with van der Waals surface area (Å²) in [5, 5.41) is 0. The Morgan fingerprint density at radius 3 is 1.17 bits per heavy atom. The van der Waals surface area contributed by atoms with Crippen LogP contribution in [0.4, 0.5) is 0 Å². The minimum Gasteiger partial charge on any atom is -0.373 e. The van der Waals surface area contributed by atoms with E-state index in [-0.39, 0.29) is 29.5 Å². The predicted octanol–water partition coefficient (Wildman–Crippen LogP) is 8.22. The van der Waals surface area contributed by atoms with Gasteiger partial charge in [0.1, 0.15) is 0 Å². The Bertz CT molecular complexity index is 549. The van der Waals surface area contributed by atoms with Gasteiger partial charge in [0.15, 0.2) is 0 Å². The molecule has 4 nitrogen and oxygen atoms in total. The molecular weight excluding hydrogens is 436 g/mol. The summed E-state index contributed by atoms with van der Waals surface area (Å²) in [6, 6.07) is 0. The highest BCUT2D eigenvalue weighted by molar-refractivity contribution is 4.97. The maximum Gasteiger partial charge on any atom is 0.0815 e. The molecule has 0 N–H and O–H groups in total. The van der Waals surface area contributed by atoms with Crippen LogP contribution in [0.3, 0.4) is 0 Å². The van der Waals surface area contributed by atoms with Crippen molar-refractivity contribution >= 4 is 0 Å². The summed E-state index contributed by atoms with van der Waals surface area (Å²) in [5.41, 5.74) is -0.560. The van der Waals surface area contributed by atoms with E-state index in [0.29, 0.717) is 19.8 Å². The van der Waals surface area contributed by atoms with E-state index in [1.807, 2.05) is 48.5 Å². The third-order valence-corrected chi connectivity index (χ3v) is 3.88. The third-order valence-electron chi connectivity index (χ3n) is 3.88. The van der Waals surface area contributed by atoms with Crippen molar-refractivity contribution in [1.29, 1.82) is 0 Å². The van der Waals surface area contributed by atoms with Gasteiger partial charge in [0, 0.05) is 0 Å². The zero-order chi connectivity index (χ0) is 28.3. The van der Waals surface area contributed by atoms with Crippen molar-refractivity contribution in [3.05, 3.63) is 101 Å². The normalized spacial score (nSPS) is 12.7. The molecule has 0 aromatic heterocycles. The summed E-state index contributed by atoms with van der Waals surface area (Å²) < 4.78 is 21.0. The van der Waals surface area contributed by atoms with Crippen LogP contribution in [-0.4, -0.2) is 49.3 Å². The fourth-order valence-electron chi connectivity index (χ4n) is 1.73. The van der Waals surface area contributed by atoms with E-state index in [4.69, 9.17) is 18.9 Å².